The number of benzene rings is 1. The first-order chi connectivity index (χ1) is 10.4. The van der Waals surface area contributed by atoms with Crippen LogP contribution >= 0.6 is 38.9 Å². The van der Waals surface area contributed by atoms with Crippen LogP contribution in [0.3, 0.4) is 0 Å². The lowest BCUT2D eigenvalue weighted by molar-refractivity contribution is 0.629. The van der Waals surface area contributed by atoms with Gasteiger partial charge in [0, 0.05) is 16.4 Å². The Balaban J connectivity index is 2.18. The van der Waals surface area contributed by atoms with Crippen LogP contribution in [-0.4, -0.2) is 14.8 Å². The summed E-state index contributed by atoms with van der Waals surface area (Å²) in [5, 5.41) is 4.63. The zero-order valence-electron chi connectivity index (χ0n) is 12.1. The molecule has 22 heavy (non-hydrogen) atoms. The molecule has 2 heterocycles. The molecule has 0 radical (unpaired) electrons. The summed E-state index contributed by atoms with van der Waals surface area (Å²) in [6.45, 7) is 4.06. The molecular formula is C15H12BrClFN3S. The summed E-state index contributed by atoms with van der Waals surface area (Å²) in [7, 11) is 1.79. The highest BCUT2D eigenvalue weighted by Gasteiger charge is 2.20. The van der Waals surface area contributed by atoms with E-state index in [9.17, 15) is 4.39 Å². The van der Waals surface area contributed by atoms with E-state index in [0.29, 0.717) is 16.7 Å². The zero-order valence-corrected chi connectivity index (χ0v) is 15.3. The Morgan fingerprint density at radius 2 is 2.05 bits per heavy atom. The lowest BCUT2D eigenvalue weighted by Crippen LogP contribution is -1.94. The summed E-state index contributed by atoms with van der Waals surface area (Å²) in [6.07, 6.45) is 0. The second-order valence-corrected chi connectivity index (χ2v) is 7.33. The fourth-order valence-corrected chi connectivity index (χ4v) is 4.14. The van der Waals surface area contributed by atoms with Gasteiger partial charge in [-0.2, -0.15) is 5.10 Å². The van der Waals surface area contributed by atoms with Crippen molar-refractivity contribution in [3.05, 3.63) is 44.0 Å². The van der Waals surface area contributed by atoms with Crippen molar-refractivity contribution in [3.63, 3.8) is 0 Å². The zero-order chi connectivity index (χ0) is 16.0. The van der Waals surface area contributed by atoms with E-state index in [0.717, 1.165) is 14.9 Å². The van der Waals surface area contributed by atoms with Crippen molar-refractivity contribution >= 4 is 38.9 Å². The Labute approximate surface area is 144 Å². The molecule has 0 N–H and O–H groups in total. The molecule has 0 unspecified atom stereocenters. The molecule has 0 aliphatic heterocycles. The van der Waals surface area contributed by atoms with Crippen molar-refractivity contribution in [1.82, 2.24) is 14.8 Å². The average molecular weight is 401 g/mol. The molecule has 0 atom stereocenters. The Bertz CT molecular complexity index is 852. The maximum atomic E-state index is 14.0. The molecule has 2 aromatic heterocycles. The molecule has 3 aromatic rings. The van der Waals surface area contributed by atoms with Gasteiger partial charge in [0.25, 0.3) is 0 Å². The molecule has 3 nitrogen and oxygen atoms in total. The van der Waals surface area contributed by atoms with Gasteiger partial charge in [-0.25, -0.2) is 14.1 Å². The molecule has 0 amide bonds. The van der Waals surface area contributed by atoms with E-state index in [4.69, 9.17) is 11.6 Å². The maximum absolute atomic E-state index is 14.0. The van der Waals surface area contributed by atoms with Crippen molar-refractivity contribution < 1.29 is 4.39 Å². The number of halogens is 3. The molecule has 1 aromatic carbocycles. The third-order valence-electron chi connectivity index (χ3n) is 3.39. The minimum Gasteiger partial charge on any atom is -0.248 e. The highest BCUT2D eigenvalue weighted by Crippen LogP contribution is 2.39. The monoisotopic (exact) mass is 399 g/mol. The lowest BCUT2D eigenvalue weighted by atomic mass is 10.2. The van der Waals surface area contributed by atoms with E-state index >= 15 is 0 Å². The molecule has 0 bridgehead atoms. The van der Waals surface area contributed by atoms with Gasteiger partial charge in [-0.15, -0.1) is 11.3 Å². The van der Waals surface area contributed by atoms with Crippen LogP contribution in [0.4, 0.5) is 4.39 Å². The predicted octanol–water partition coefficient (Wildman–Crippen LogP) is 5.38. The van der Waals surface area contributed by atoms with E-state index in [-0.39, 0.29) is 5.56 Å². The summed E-state index contributed by atoms with van der Waals surface area (Å²) in [5.74, 6) is 0.567. The number of aromatic nitrogens is 3. The number of aryl methyl sites for hydroxylation is 2. The van der Waals surface area contributed by atoms with Crippen LogP contribution in [0.1, 0.15) is 10.4 Å². The number of hydrogen-bond donors (Lipinski definition) is 0. The predicted molar refractivity (Wildman–Crippen MR) is 91.9 cm³/mol. The molecule has 0 spiro atoms. The van der Waals surface area contributed by atoms with Gasteiger partial charge >= 0.3 is 0 Å². The molecule has 3 rings (SSSR count). The molecule has 0 fully saturated rings. The van der Waals surface area contributed by atoms with Crippen LogP contribution in [0.2, 0.25) is 5.02 Å². The third-order valence-corrected chi connectivity index (χ3v) is 6.36. The highest BCUT2D eigenvalue weighted by molar-refractivity contribution is 9.10. The van der Waals surface area contributed by atoms with Crippen LogP contribution in [-0.2, 0) is 7.05 Å². The van der Waals surface area contributed by atoms with Gasteiger partial charge in [0.05, 0.1) is 15.5 Å². The van der Waals surface area contributed by atoms with Crippen LogP contribution in [0, 0.1) is 19.7 Å². The Hall–Kier alpha value is -1.24. The van der Waals surface area contributed by atoms with E-state index in [1.165, 1.54) is 10.9 Å². The van der Waals surface area contributed by atoms with Gasteiger partial charge in [0.15, 0.2) is 11.6 Å². The van der Waals surface area contributed by atoms with Crippen molar-refractivity contribution in [2.45, 2.75) is 13.8 Å². The van der Waals surface area contributed by atoms with Gasteiger partial charge < -0.3 is 0 Å². The summed E-state index contributed by atoms with van der Waals surface area (Å²) in [6, 6.07) is 4.55. The Kier molecular flexibility index (Phi) is 4.09. The van der Waals surface area contributed by atoms with E-state index in [2.05, 4.69) is 26.0 Å². The Morgan fingerprint density at radius 3 is 2.64 bits per heavy atom. The smallest absolute Gasteiger partial charge is 0.186 e. The molecule has 0 saturated carbocycles. The molecule has 0 aliphatic carbocycles. The van der Waals surface area contributed by atoms with Crippen molar-refractivity contribution in [1.29, 1.82) is 0 Å². The maximum Gasteiger partial charge on any atom is 0.186 e. The number of nitrogens with zero attached hydrogens (tertiary/aromatic N) is 3. The fourth-order valence-electron chi connectivity index (χ4n) is 2.25. The van der Waals surface area contributed by atoms with Crippen LogP contribution in [0.25, 0.3) is 22.1 Å². The van der Waals surface area contributed by atoms with Crippen molar-refractivity contribution in [2.24, 2.45) is 7.05 Å². The molecule has 0 saturated heterocycles. The topological polar surface area (TPSA) is 30.7 Å². The number of hydrogen-bond acceptors (Lipinski definition) is 3. The van der Waals surface area contributed by atoms with Gasteiger partial charge in [-0.1, -0.05) is 17.7 Å². The Morgan fingerprint density at radius 1 is 1.32 bits per heavy atom. The SMILES string of the molecule is Cc1sc(-c2nc(-c3c(F)cccc3Cl)nn2C)c(C)c1Br. The van der Waals surface area contributed by atoms with Crippen LogP contribution in [0.15, 0.2) is 22.7 Å². The normalized spacial score (nSPS) is 11.2. The van der Waals surface area contributed by atoms with E-state index in [1.54, 1.807) is 35.2 Å². The largest absolute Gasteiger partial charge is 0.248 e. The minimum absolute atomic E-state index is 0.232. The first kappa shape index (κ1) is 15.6. The lowest BCUT2D eigenvalue weighted by Gasteiger charge is -2.00. The average Bonchev–Trinajstić information content (AvgIpc) is 2.94. The van der Waals surface area contributed by atoms with E-state index in [1.807, 2.05) is 13.8 Å². The minimum atomic E-state index is -0.426. The van der Waals surface area contributed by atoms with Crippen LogP contribution < -0.4 is 0 Å². The number of thiophene rings is 1. The van der Waals surface area contributed by atoms with Gasteiger partial charge in [-0.3, -0.25) is 0 Å². The summed E-state index contributed by atoms with van der Waals surface area (Å²) in [4.78, 5) is 6.68. The highest BCUT2D eigenvalue weighted by atomic mass is 79.9. The first-order valence-electron chi connectivity index (χ1n) is 6.51. The van der Waals surface area contributed by atoms with Gasteiger partial charge in [0.1, 0.15) is 5.82 Å². The molecular weight excluding hydrogens is 389 g/mol. The summed E-state index contributed by atoms with van der Waals surface area (Å²) >= 11 is 11.3. The van der Waals surface area contributed by atoms with E-state index < -0.39 is 5.82 Å². The van der Waals surface area contributed by atoms with Gasteiger partial charge in [0.2, 0.25) is 0 Å². The van der Waals surface area contributed by atoms with Crippen LogP contribution in [0.5, 0.6) is 0 Å². The fraction of sp³-hybridized carbons (Fsp3) is 0.200. The molecule has 0 aliphatic rings. The van der Waals surface area contributed by atoms with Crippen molar-refractivity contribution in [2.75, 3.05) is 0 Å². The second-order valence-electron chi connectivity index (χ2n) is 4.91. The quantitative estimate of drug-likeness (QED) is 0.578. The number of rotatable bonds is 2. The summed E-state index contributed by atoms with van der Waals surface area (Å²) in [5.41, 5.74) is 1.33. The second kappa shape index (κ2) is 5.76. The first-order valence-corrected chi connectivity index (χ1v) is 8.50. The molecule has 7 heteroatoms. The third kappa shape index (κ3) is 2.49. The summed E-state index contributed by atoms with van der Waals surface area (Å²) < 4.78 is 16.8. The van der Waals surface area contributed by atoms with Crippen molar-refractivity contribution in [3.8, 4) is 22.1 Å². The molecule has 114 valence electrons. The van der Waals surface area contributed by atoms with Gasteiger partial charge in [-0.05, 0) is 47.5 Å². The standard InChI is InChI=1S/C15H12BrClFN3S/c1-7-12(16)8(2)22-13(7)15-19-14(20-21(15)3)11-9(17)5-4-6-10(11)18/h4-6H,1-3H3.